The molecule has 0 spiro atoms. The van der Waals surface area contributed by atoms with Crippen LogP contribution in [0.3, 0.4) is 0 Å². The highest BCUT2D eigenvalue weighted by molar-refractivity contribution is 6.32. The van der Waals surface area contributed by atoms with E-state index in [1.165, 1.54) is 6.33 Å². The minimum Gasteiger partial charge on any atom is -0.393 e. The van der Waals surface area contributed by atoms with Crippen LogP contribution in [-0.2, 0) is 0 Å². The number of nitrogens with zero attached hydrogens (tertiary/aromatic N) is 3. The van der Waals surface area contributed by atoms with E-state index in [1.807, 2.05) is 12.1 Å². The zero-order valence-corrected chi connectivity index (χ0v) is 13.3. The fraction of sp³-hybridized carbons (Fsp3) is 0. The number of rotatable bonds is 4. The van der Waals surface area contributed by atoms with Crippen molar-refractivity contribution in [1.82, 2.24) is 15.0 Å². The van der Waals surface area contributed by atoms with E-state index >= 15 is 0 Å². The van der Waals surface area contributed by atoms with Gasteiger partial charge >= 0.3 is 0 Å². The zero-order chi connectivity index (χ0) is 16.2. The van der Waals surface area contributed by atoms with Gasteiger partial charge in [0.2, 0.25) is 0 Å². The summed E-state index contributed by atoms with van der Waals surface area (Å²) >= 11 is 11.9. The number of nitrogens with one attached hydrogen (secondary N) is 2. The summed E-state index contributed by atoms with van der Waals surface area (Å²) in [5, 5.41) is 7.14. The molecule has 1 aromatic carbocycles. The third-order valence-corrected chi connectivity index (χ3v) is 3.56. The Morgan fingerprint density at radius 1 is 0.870 bits per heavy atom. The Morgan fingerprint density at radius 2 is 1.57 bits per heavy atom. The molecule has 0 aliphatic carbocycles. The molecule has 4 N–H and O–H groups in total. The lowest BCUT2D eigenvalue weighted by atomic mass is 10.3. The molecule has 6 nitrogen and oxygen atoms in total. The highest BCUT2D eigenvalue weighted by Gasteiger charge is 2.10. The van der Waals surface area contributed by atoms with E-state index in [0.29, 0.717) is 33.2 Å². The second kappa shape index (κ2) is 6.68. The molecule has 0 atom stereocenters. The Balaban J connectivity index is 1.86. The maximum atomic E-state index is 6.12. The van der Waals surface area contributed by atoms with Crippen molar-refractivity contribution in [2.45, 2.75) is 0 Å². The molecule has 2 heterocycles. The fourth-order valence-electron chi connectivity index (χ4n) is 1.87. The third kappa shape index (κ3) is 3.61. The van der Waals surface area contributed by atoms with Crippen molar-refractivity contribution in [1.29, 1.82) is 0 Å². The van der Waals surface area contributed by atoms with E-state index in [0.717, 1.165) is 5.69 Å². The van der Waals surface area contributed by atoms with Crippen LogP contribution in [-0.4, -0.2) is 15.0 Å². The molecule has 3 rings (SSSR count). The van der Waals surface area contributed by atoms with Crippen molar-refractivity contribution >= 4 is 51.9 Å². The van der Waals surface area contributed by atoms with Crippen LogP contribution in [0, 0.1) is 0 Å². The van der Waals surface area contributed by atoms with Crippen LogP contribution < -0.4 is 16.4 Å². The smallest absolute Gasteiger partial charge is 0.159 e. The van der Waals surface area contributed by atoms with Crippen LogP contribution >= 0.6 is 23.2 Å². The van der Waals surface area contributed by atoms with Crippen LogP contribution in [0.15, 0.2) is 48.9 Å². The van der Waals surface area contributed by atoms with E-state index in [2.05, 4.69) is 25.6 Å². The van der Waals surface area contributed by atoms with Gasteiger partial charge < -0.3 is 16.4 Å². The molecule has 0 fully saturated rings. The lowest BCUT2D eigenvalue weighted by molar-refractivity contribution is 1.17. The van der Waals surface area contributed by atoms with E-state index in [-0.39, 0.29) is 0 Å². The van der Waals surface area contributed by atoms with Crippen molar-refractivity contribution in [3.05, 3.63) is 59.1 Å². The number of halogens is 2. The Labute approximate surface area is 142 Å². The van der Waals surface area contributed by atoms with E-state index < -0.39 is 0 Å². The van der Waals surface area contributed by atoms with E-state index in [4.69, 9.17) is 28.9 Å². The van der Waals surface area contributed by atoms with Gasteiger partial charge in [0.05, 0.1) is 5.69 Å². The standard InChI is InChI=1S/C15H12Cl2N6/c16-9-3-5-10(6-4-9)22-14-12(18)15(21-8-20-14)23-11-2-1-7-19-13(11)17/h1-8H,18H2,(H2,20,21,22,23). The number of aromatic nitrogens is 3. The molecule has 0 aliphatic heterocycles. The maximum absolute atomic E-state index is 6.12. The maximum Gasteiger partial charge on any atom is 0.159 e. The molecular weight excluding hydrogens is 335 g/mol. The minimum atomic E-state index is 0.331. The molecule has 3 aromatic rings. The first kappa shape index (κ1) is 15.3. The van der Waals surface area contributed by atoms with Gasteiger partial charge in [0.25, 0.3) is 0 Å². The lowest BCUT2D eigenvalue weighted by Crippen LogP contribution is -2.05. The van der Waals surface area contributed by atoms with Gasteiger partial charge in [-0.3, -0.25) is 0 Å². The number of nitrogens with two attached hydrogens (primary N) is 1. The molecule has 0 unspecified atom stereocenters. The summed E-state index contributed by atoms with van der Waals surface area (Å²) in [6.45, 7) is 0. The molecule has 8 heteroatoms. The highest BCUT2D eigenvalue weighted by Crippen LogP contribution is 2.30. The van der Waals surface area contributed by atoms with Gasteiger partial charge in [-0.2, -0.15) is 0 Å². The molecule has 0 radical (unpaired) electrons. The number of hydrogen-bond donors (Lipinski definition) is 3. The molecule has 2 aromatic heterocycles. The number of benzene rings is 1. The van der Waals surface area contributed by atoms with Gasteiger partial charge in [0.15, 0.2) is 16.8 Å². The van der Waals surface area contributed by atoms with Gasteiger partial charge in [-0.05, 0) is 36.4 Å². The third-order valence-electron chi connectivity index (χ3n) is 3.00. The number of pyridine rings is 1. The molecule has 23 heavy (non-hydrogen) atoms. The molecule has 0 aliphatic rings. The second-order valence-corrected chi connectivity index (χ2v) is 5.38. The number of anilines is 5. The summed E-state index contributed by atoms with van der Waals surface area (Å²) in [6.07, 6.45) is 3.01. The van der Waals surface area contributed by atoms with Gasteiger partial charge in [-0.1, -0.05) is 23.2 Å². The quantitative estimate of drug-likeness (QED) is 0.612. The topological polar surface area (TPSA) is 88.8 Å². The fourth-order valence-corrected chi connectivity index (χ4v) is 2.16. The average Bonchev–Trinajstić information content (AvgIpc) is 2.55. The predicted octanol–water partition coefficient (Wildman–Crippen LogP) is 4.25. The first-order chi connectivity index (χ1) is 11.1. The van der Waals surface area contributed by atoms with Crippen molar-refractivity contribution < 1.29 is 0 Å². The minimum absolute atomic E-state index is 0.331. The monoisotopic (exact) mass is 346 g/mol. The summed E-state index contributed by atoms with van der Waals surface area (Å²) in [5.41, 5.74) is 7.90. The van der Waals surface area contributed by atoms with E-state index in [9.17, 15) is 0 Å². The SMILES string of the molecule is Nc1c(Nc2ccc(Cl)cc2)ncnc1Nc1cccnc1Cl. The van der Waals surface area contributed by atoms with Crippen LogP contribution in [0.2, 0.25) is 10.2 Å². The van der Waals surface area contributed by atoms with Crippen molar-refractivity contribution in [3.63, 3.8) is 0 Å². The van der Waals surface area contributed by atoms with Crippen LogP contribution in [0.1, 0.15) is 0 Å². The molecule has 0 amide bonds. The Hall–Kier alpha value is -2.57. The summed E-state index contributed by atoms with van der Waals surface area (Å²) in [7, 11) is 0. The Bertz CT molecular complexity index is 822. The normalized spacial score (nSPS) is 10.3. The van der Waals surface area contributed by atoms with Crippen molar-refractivity contribution in [3.8, 4) is 0 Å². The largest absolute Gasteiger partial charge is 0.393 e. The first-order valence-electron chi connectivity index (χ1n) is 6.64. The average molecular weight is 347 g/mol. The van der Waals surface area contributed by atoms with Crippen LogP contribution in [0.4, 0.5) is 28.7 Å². The zero-order valence-electron chi connectivity index (χ0n) is 11.8. The summed E-state index contributed by atoms with van der Waals surface area (Å²) in [5.74, 6) is 0.913. The molecule has 0 saturated heterocycles. The van der Waals surface area contributed by atoms with Gasteiger partial charge in [0.1, 0.15) is 12.0 Å². The highest BCUT2D eigenvalue weighted by atomic mass is 35.5. The lowest BCUT2D eigenvalue weighted by Gasteiger charge is -2.13. The summed E-state index contributed by atoms with van der Waals surface area (Å²) in [4.78, 5) is 12.3. The van der Waals surface area contributed by atoms with Crippen LogP contribution in [0.5, 0.6) is 0 Å². The van der Waals surface area contributed by atoms with Crippen molar-refractivity contribution in [2.24, 2.45) is 0 Å². The molecule has 0 bridgehead atoms. The van der Waals surface area contributed by atoms with Crippen LogP contribution in [0.25, 0.3) is 0 Å². The van der Waals surface area contributed by atoms with Crippen molar-refractivity contribution in [2.75, 3.05) is 16.4 Å². The molecular formula is C15H12Cl2N6. The van der Waals surface area contributed by atoms with Gasteiger partial charge in [-0.15, -0.1) is 0 Å². The Kier molecular flexibility index (Phi) is 4.45. The Morgan fingerprint density at radius 3 is 2.26 bits per heavy atom. The number of nitrogen functional groups attached to an aromatic ring is 1. The summed E-state index contributed by atoms with van der Waals surface area (Å²) in [6, 6.07) is 10.7. The van der Waals surface area contributed by atoms with Gasteiger partial charge in [-0.25, -0.2) is 15.0 Å². The summed E-state index contributed by atoms with van der Waals surface area (Å²) < 4.78 is 0. The molecule has 0 saturated carbocycles. The second-order valence-electron chi connectivity index (χ2n) is 4.58. The predicted molar refractivity (Wildman–Crippen MR) is 93.7 cm³/mol. The molecule has 116 valence electrons. The van der Waals surface area contributed by atoms with Gasteiger partial charge in [0, 0.05) is 16.9 Å². The van der Waals surface area contributed by atoms with E-state index in [1.54, 1.807) is 30.5 Å². The first-order valence-corrected chi connectivity index (χ1v) is 7.39. The number of hydrogen-bond acceptors (Lipinski definition) is 6.